The molecule has 1 aromatic heterocycles. The van der Waals surface area contributed by atoms with Crippen molar-refractivity contribution in [2.24, 2.45) is 0 Å². The van der Waals surface area contributed by atoms with Gasteiger partial charge in [0.15, 0.2) is 11.5 Å². The maximum absolute atomic E-state index is 13.0. The fraction of sp³-hybridized carbons (Fsp3) is 0.250. The van der Waals surface area contributed by atoms with Crippen LogP contribution in [0, 0.1) is 0 Å². The number of hydrogen-bond acceptors (Lipinski definition) is 5. The molecule has 0 aliphatic carbocycles. The first-order chi connectivity index (χ1) is 11.8. The number of rotatable bonds is 4. The second kappa shape index (κ2) is 6.42. The number of carbonyl (C=O) groups excluding carboxylic acids is 1. The Labute approximate surface area is 142 Å². The van der Waals surface area contributed by atoms with Crippen LogP contribution in [0.3, 0.4) is 0 Å². The van der Waals surface area contributed by atoms with Gasteiger partial charge < -0.3 is 25.0 Å². The molecule has 0 atom stereocenters. The predicted octanol–water partition coefficient (Wildman–Crippen LogP) is 2.79. The molecule has 0 saturated heterocycles. The Morgan fingerprint density at radius 1 is 1.20 bits per heavy atom. The molecule has 0 spiro atoms. The summed E-state index contributed by atoms with van der Waals surface area (Å²) in [6.45, 7) is 0.273. The number of pyridine rings is 1. The normalized spacial score (nSPS) is 14.1. The number of halogens is 2. The summed E-state index contributed by atoms with van der Waals surface area (Å²) < 4.78 is 34.6. The molecular weight excluding hydrogens is 334 g/mol. The Morgan fingerprint density at radius 3 is 2.64 bits per heavy atom. The van der Waals surface area contributed by atoms with E-state index in [4.69, 9.17) is 0 Å². The smallest absolute Gasteiger partial charge is 0.395 e. The van der Waals surface area contributed by atoms with E-state index in [1.54, 1.807) is 6.20 Å². The van der Waals surface area contributed by atoms with Crippen LogP contribution in [0.15, 0.2) is 36.5 Å². The molecule has 7 nitrogen and oxygen atoms in total. The van der Waals surface area contributed by atoms with E-state index in [2.05, 4.69) is 25.1 Å². The van der Waals surface area contributed by atoms with Gasteiger partial charge in [-0.05, 0) is 23.8 Å². The lowest BCUT2D eigenvalue weighted by Gasteiger charge is -2.12. The predicted molar refractivity (Wildman–Crippen MR) is 87.1 cm³/mol. The molecule has 0 bridgehead atoms. The van der Waals surface area contributed by atoms with Crippen molar-refractivity contribution in [2.75, 3.05) is 24.3 Å². The van der Waals surface area contributed by atoms with Gasteiger partial charge >= 0.3 is 12.3 Å². The molecule has 2 amide bonds. The number of nitrogens with zero attached hydrogens (tertiary/aromatic N) is 2. The number of benzene rings is 1. The number of alkyl halides is 2. The molecule has 0 unspecified atom stereocenters. The Kier molecular flexibility index (Phi) is 4.30. The fourth-order valence-corrected chi connectivity index (χ4v) is 2.17. The molecule has 9 heteroatoms. The molecule has 132 valence electrons. The van der Waals surface area contributed by atoms with E-state index in [9.17, 15) is 13.6 Å². The third kappa shape index (κ3) is 4.06. The summed E-state index contributed by atoms with van der Waals surface area (Å²) in [6, 6.07) is 7.22. The van der Waals surface area contributed by atoms with Crippen molar-refractivity contribution >= 4 is 17.5 Å². The van der Waals surface area contributed by atoms with Crippen LogP contribution in [0.5, 0.6) is 11.5 Å². The largest absolute Gasteiger partial charge is 0.586 e. The van der Waals surface area contributed by atoms with Gasteiger partial charge in [0.2, 0.25) is 0 Å². The quantitative estimate of drug-likeness (QED) is 0.887. The van der Waals surface area contributed by atoms with E-state index in [0.717, 1.165) is 11.4 Å². The highest BCUT2D eigenvalue weighted by Gasteiger charge is 2.43. The number of nitrogens with one attached hydrogen (secondary N) is 2. The maximum Gasteiger partial charge on any atom is 0.586 e. The average Bonchev–Trinajstić information content (AvgIpc) is 2.86. The van der Waals surface area contributed by atoms with Crippen molar-refractivity contribution in [3.05, 3.63) is 42.1 Å². The van der Waals surface area contributed by atoms with Crippen molar-refractivity contribution in [1.29, 1.82) is 0 Å². The number of amides is 2. The van der Waals surface area contributed by atoms with Crippen LogP contribution in [0.25, 0.3) is 0 Å². The molecule has 1 aliphatic rings. The number of hydrogen-bond donors (Lipinski definition) is 2. The molecule has 0 saturated carbocycles. The van der Waals surface area contributed by atoms with Crippen LogP contribution in [0.2, 0.25) is 0 Å². The Morgan fingerprint density at radius 2 is 1.96 bits per heavy atom. The number of anilines is 2. The number of fused-ring (bicyclic) bond motifs is 1. The van der Waals surface area contributed by atoms with Crippen LogP contribution >= 0.6 is 0 Å². The van der Waals surface area contributed by atoms with E-state index < -0.39 is 12.3 Å². The topological polar surface area (TPSA) is 75.7 Å². The van der Waals surface area contributed by atoms with Gasteiger partial charge in [0.25, 0.3) is 0 Å². The molecule has 2 N–H and O–H groups in total. The minimum absolute atomic E-state index is 0.0805. The highest BCUT2D eigenvalue weighted by molar-refractivity contribution is 5.89. The maximum atomic E-state index is 13.0. The van der Waals surface area contributed by atoms with Gasteiger partial charge in [-0.1, -0.05) is 6.07 Å². The van der Waals surface area contributed by atoms with Gasteiger partial charge in [0, 0.05) is 38.6 Å². The number of aromatic nitrogens is 1. The SMILES string of the molecule is CN(C)c1ccc(CNC(=O)Nc2ccc3c(c2)OC(F)(F)O3)cn1. The zero-order valence-corrected chi connectivity index (χ0v) is 13.5. The molecule has 0 fully saturated rings. The Hall–Kier alpha value is -3.10. The average molecular weight is 350 g/mol. The Bertz CT molecular complexity index is 781. The summed E-state index contributed by atoms with van der Waals surface area (Å²) in [5.41, 5.74) is 1.13. The standard InChI is InChI=1S/C16H16F2N4O3/c1-22(2)14-6-3-10(8-19-14)9-20-15(23)21-11-4-5-12-13(7-11)25-16(17,18)24-12/h3-8H,9H2,1-2H3,(H2,20,21,23). The van der Waals surface area contributed by atoms with Gasteiger partial charge in [-0.2, -0.15) is 0 Å². The van der Waals surface area contributed by atoms with Crippen LogP contribution < -0.4 is 25.0 Å². The van der Waals surface area contributed by atoms with E-state index >= 15 is 0 Å². The summed E-state index contributed by atoms with van der Waals surface area (Å²) in [5, 5.41) is 5.20. The molecular formula is C16H16F2N4O3. The molecule has 1 aromatic carbocycles. The zero-order chi connectivity index (χ0) is 18.0. The number of carbonyl (C=O) groups is 1. The van der Waals surface area contributed by atoms with E-state index in [0.29, 0.717) is 5.69 Å². The summed E-state index contributed by atoms with van der Waals surface area (Å²) in [4.78, 5) is 18.0. The minimum Gasteiger partial charge on any atom is -0.395 e. The van der Waals surface area contributed by atoms with Crippen molar-refractivity contribution in [3.63, 3.8) is 0 Å². The van der Waals surface area contributed by atoms with Crippen LogP contribution in [0.1, 0.15) is 5.56 Å². The zero-order valence-electron chi connectivity index (χ0n) is 13.5. The highest BCUT2D eigenvalue weighted by Crippen LogP contribution is 2.42. The Balaban J connectivity index is 1.55. The lowest BCUT2D eigenvalue weighted by atomic mass is 10.2. The lowest BCUT2D eigenvalue weighted by molar-refractivity contribution is -0.286. The minimum atomic E-state index is -3.69. The monoisotopic (exact) mass is 350 g/mol. The van der Waals surface area contributed by atoms with Crippen molar-refractivity contribution in [1.82, 2.24) is 10.3 Å². The summed E-state index contributed by atoms with van der Waals surface area (Å²) in [6.07, 6.45) is -2.02. The summed E-state index contributed by atoms with van der Waals surface area (Å²) in [5.74, 6) is 0.597. The van der Waals surface area contributed by atoms with Gasteiger partial charge in [-0.3, -0.25) is 0 Å². The second-order valence-corrected chi connectivity index (χ2v) is 5.56. The van der Waals surface area contributed by atoms with Crippen molar-refractivity contribution < 1.29 is 23.0 Å². The third-order valence-electron chi connectivity index (χ3n) is 3.38. The molecule has 1 aliphatic heterocycles. The molecule has 2 heterocycles. The van der Waals surface area contributed by atoms with Gasteiger partial charge in [-0.15, -0.1) is 8.78 Å². The van der Waals surface area contributed by atoms with Crippen LogP contribution in [0.4, 0.5) is 25.1 Å². The van der Waals surface area contributed by atoms with E-state index in [1.165, 1.54) is 18.2 Å². The van der Waals surface area contributed by atoms with Crippen LogP contribution in [-0.2, 0) is 6.54 Å². The third-order valence-corrected chi connectivity index (χ3v) is 3.38. The van der Waals surface area contributed by atoms with E-state index in [1.807, 2.05) is 31.1 Å². The molecule has 0 radical (unpaired) electrons. The second-order valence-electron chi connectivity index (χ2n) is 5.56. The van der Waals surface area contributed by atoms with Crippen molar-refractivity contribution in [3.8, 4) is 11.5 Å². The lowest BCUT2D eigenvalue weighted by Crippen LogP contribution is -2.28. The van der Waals surface area contributed by atoms with Crippen molar-refractivity contribution in [2.45, 2.75) is 12.8 Å². The molecule has 25 heavy (non-hydrogen) atoms. The van der Waals surface area contributed by atoms with Gasteiger partial charge in [0.05, 0.1) is 0 Å². The first-order valence-electron chi connectivity index (χ1n) is 7.39. The number of urea groups is 1. The van der Waals surface area contributed by atoms with Gasteiger partial charge in [0.1, 0.15) is 5.82 Å². The molecule has 2 aromatic rings. The van der Waals surface area contributed by atoms with E-state index in [-0.39, 0.29) is 18.0 Å². The van der Waals surface area contributed by atoms with Crippen LogP contribution in [-0.4, -0.2) is 31.4 Å². The number of ether oxygens (including phenoxy) is 2. The molecule has 3 rings (SSSR count). The first-order valence-corrected chi connectivity index (χ1v) is 7.39. The summed E-state index contributed by atoms with van der Waals surface area (Å²) in [7, 11) is 3.77. The summed E-state index contributed by atoms with van der Waals surface area (Å²) >= 11 is 0. The fourth-order valence-electron chi connectivity index (χ4n) is 2.17. The first kappa shape index (κ1) is 16.7. The highest BCUT2D eigenvalue weighted by atomic mass is 19.3. The van der Waals surface area contributed by atoms with Gasteiger partial charge in [-0.25, -0.2) is 9.78 Å².